The molecular formula is C13H18N2O2. The predicted molar refractivity (Wildman–Crippen MR) is 65.0 cm³/mol. The summed E-state index contributed by atoms with van der Waals surface area (Å²) in [4.78, 5) is 13.4. The van der Waals surface area contributed by atoms with Crippen molar-refractivity contribution in [2.24, 2.45) is 11.7 Å². The number of primary amides is 1. The van der Waals surface area contributed by atoms with E-state index in [0.717, 1.165) is 13.1 Å². The minimum Gasteiger partial charge on any atom is -0.392 e. The van der Waals surface area contributed by atoms with Gasteiger partial charge in [-0.2, -0.15) is 0 Å². The molecule has 92 valence electrons. The van der Waals surface area contributed by atoms with Crippen LogP contribution in [0.4, 0.5) is 0 Å². The first kappa shape index (κ1) is 12.1. The highest BCUT2D eigenvalue weighted by molar-refractivity contribution is 5.77. The largest absolute Gasteiger partial charge is 0.392 e. The highest BCUT2D eigenvalue weighted by Gasteiger charge is 2.31. The van der Waals surface area contributed by atoms with E-state index in [-0.39, 0.29) is 0 Å². The molecule has 1 fully saturated rings. The second kappa shape index (κ2) is 5.29. The van der Waals surface area contributed by atoms with Gasteiger partial charge < -0.3 is 10.8 Å². The summed E-state index contributed by atoms with van der Waals surface area (Å²) in [6.07, 6.45) is 0.0278. The first-order valence-electron chi connectivity index (χ1n) is 5.90. The summed E-state index contributed by atoms with van der Waals surface area (Å²) in [6, 6.07) is 10.1. The molecular weight excluding hydrogens is 216 g/mol. The smallest absolute Gasteiger partial charge is 0.224 e. The molecule has 0 radical (unpaired) electrons. The second-order valence-corrected chi connectivity index (χ2v) is 4.59. The molecule has 0 bridgehead atoms. The molecule has 1 saturated heterocycles. The van der Waals surface area contributed by atoms with Gasteiger partial charge in [-0.05, 0) is 12.0 Å². The lowest BCUT2D eigenvalue weighted by molar-refractivity contribution is -0.128. The zero-order valence-corrected chi connectivity index (χ0v) is 9.75. The molecule has 0 aliphatic carbocycles. The van der Waals surface area contributed by atoms with Crippen LogP contribution < -0.4 is 5.73 Å². The molecule has 3 N–H and O–H groups in total. The molecule has 1 aliphatic rings. The fourth-order valence-corrected chi connectivity index (χ4v) is 2.27. The number of aliphatic hydroxyl groups excluding tert-OH is 1. The summed E-state index contributed by atoms with van der Waals surface area (Å²) in [5, 5.41) is 9.70. The van der Waals surface area contributed by atoms with Crippen LogP contribution in [0.15, 0.2) is 30.3 Å². The minimum atomic E-state index is -0.584. The molecule has 4 heteroatoms. The molecule has 2 atom stereocenters. The molecule has 4 nitrogen and oxygen atoms in total. The number of carbonyl (C=O) groups is 1. The van der Waals surface area contributed by atoms with Crippen molar-refractivity contribution in [3.8, 4) is 0 Å². The van der Waals surface area contributed by atoms with Gasteiger partial charge in [-0.25, -0.2) is 0 Å². The number of benzene rings is 1. The Hall–Kier alpha value is -1.39. The normalized spacial score (nSPS) is 25.7. The van der Waals surface area contributed by atoms with Gasteiger partial charge in [-0.3, -0.25) is 9.69 Å². The van der Waals surface area contributed by atoms with Crippen LogP contribution in [-0.4, -0.2) is 35.1 Å². The molecule has 1 amide bonds. The number of hydrogen-bond donors (Lipinski definition) is 2. The lowest BCUT2D eigenvalue weighted by Gasteiger charge is -2.34. The van der Waals surface area contributed by atoms with Crippen molar-refractivity contribution in [2.45, 2.75) is 19.1 Å². The van der Waals surface area contributed by atoms with E-state index in [1.54, 1.807) is 0 Å². The van der Waals surface area contributed by atoms with Crippen molar-refractivity contribution < 1.29 is 9.90 Å². The highest BCUT2D eigenvalue weighted by Crippen LogP contribution is 2.18. The predicted octanol–water partition coefficient (Wildman–Crippen LogP) is 0.355. The molecule has 0 aromatic heterocycles. The summed E-state index contributed by atoms with van der Waals surface area (Å²) in [7, 11) is 0. The van der Waals surface area contributed by atoms with Crippen LogP contribution in [0.3, 0.4) is 0 Å². The summed E-state index contributed by atoms with van der Waals surface area (Å²) in [6.45, 7) is 2.16. The summed E-state index contributed by atoms with van der Waals surface area (Å²) < 4.78 is 0. The van der Waals surface area contributed by atoms with E-state index in [0.29, 0.717) is 13.0 Å². The first-order valence-corrected chi connectivity index (χ1v) is 5.90. The maximum Gasteiger partial charge on any atom is 0.224 e. The number of aliphatic hydroxyl groups is 1. The average molecular weight is 234 g/mol. The number of carbonyl (C=O) groups excluding carboxylic acids is 1. The Morgan fingerprint density at radius 3 is 2.76 bits per heavy atom. The molecule has 1 heterocycles. The van der Waals surface area contributed by atoms with Gasteiger partial charge in [0.05, 0.1) is 12.0 Å². The van der Waals surface area contributed by atoms with Gasteiger partial charge in [0.2, 0.25) is 5.91 Å². The van der Waals surface area contributed by atoms with Crippen molar-refractivity contribution in [3.63, 3.8) is 0 Å². The van der Waals surface area contributed by atoms with Crippen LogP contribution in [0.1, 0.15) is 12.0 Å². The van der Waals surface area contributed by atoms with Crippen LogP contribution in [0, 0.1) is 5.92 Å². The third-order valence-electron chi connectivity index (χ3n) is 3.27. The van der Waals surface area contributed by atoms with Crippen molar-refractivity contribution >= 4 is 5.91 Å². The van der Waals surface area contributed by atoms with Gasteiger partial charge in [0.1, 0.15) is 0 Å². The number of rotatable bonds is 3. The molecule has 1 aliphatic heterocycles. The number of piperidine rings is 1. The standard InChI is InChI=1S/C13H18N2O2/c14-13(17)11-9-15(7-6-12(11)16)8-10-4-2-1-3-5-10/h1-5,11-12,16H,6-9H2,(H2,14,17)/t11-,12-/m0/s1. The van der Waals surface area contributed by atoms with Crippen LogP contribution in [0.25, 0.3) is 0 Å². The SMILES string of the molecule is NC(=O)[C@H]1CN(Cc2ccccc2)CC[C@@H]1O. The quantitative estimate of drug-likeness (QED) is 0.793. The molecule has 0 unspecified atom stereocenters. The number of nitrogens with zero attached hydrogens (tertiary/aromatic N) is 1. The third kappa shape index (κ3) is 3.05. The van der Waals surface area contributed by atoms with E-state index in [4.69, 9.17) is 5.73 Å². The summed E-state index contributed by atoms with van der Waals surface area (Å²) in [5.74, 6) is -0.845. The summed E-state index contributed by atoms with van der Waals surface area (Å²) in [5.41, 5.74) is 6.50. The number of hydrogen-bond acceptors (Lipinski definition) is 3. The number of nitrogens with two attached hydrogens (primary N) is 1. The van der Waals surface area contributed by atoms with Gasteiger partial charge in [-0.1, -0.05) is 30.3 Å². The third-order valence-corrected chi connectivity index (χ3v) is 3.27. The fourth-order valence-electron chi connectivity index (χ4n) is 2.27. The van der Waals surface area contributed by atoms with Gasteiger partial charge in [-0.15, -0.1) is 0 Å². The second-order valence-electron chi connectivity index (χ2n) is 4.59. The maximum atomic E-state index is 11.2. The molecule has 0 saturated carbocycles. The van der Waals surface area contributed by atoms with Gasteiger partial charge >= 0.3 is 0 Å². The Kier molecular flexibility index (Phi) is 3.76. The van der Waals surface area contributed by atoms with E-state index >= 15 is 0 Å². The minimum absolute atomic E-state index is 0.407. The number of likely N-dealkylation sites (tertiary alicyclic amines) is 1. The average Bonchev–Trinajstić information content (AvgIpc) is 2.32. The first-order chi connectivity index (χ1) is 8.16. The van der Waals surface area contributed by atoms with E-state index in [1.165, 1.54) is 5.56 Å². The van der Waals surface area contributed by atoms with Gasteiger partial charge in [0.25, 0.3) is 0 Å². The maximum absolute atomic E-state index is 11.2. The van der Waals surface area contributed by atoms with Crippen LogP contribution in [-0.2, 0) is 11.3 Å². The zero-order valence-electron chi connectivity index (χ0n) is 9.75. The molecule has 1 aromatic rings. The Morgan fingerprint density at radius 2 is 2.12 bits per heavy atom. The molecule has 1 aromatic carbocycles. The van der Waals surface area contributed by atoms with Crippen molar-refractivity contribution in [1.29, 1.82) is 0 Å². The highest BCUT2D eigenvalue weighted by atomic mass is 16.3. The zero-order chi connectivity index (χ0) is 12.3. The van der Waals surface area contributed by atoms with E-state index in [1.807, 2.05) is 18.2 Å². The summed E-state index contributed by atoms with van der Waals surface area (Å²) >= 11 is 0. The van der Waals surface area contributed by atoms with Gasteiger partial charge in [0.15, 0.2) is 0 Å². The Balaban J connectivity index is 1.97. The fraction of sp³-hybridized carbons (Fsp3) is 0.462. The van der Waals surface area contributed by atoms with Crippen LogP contribution in [0.2, 0.25) is 0 Å². The molecule has 17 heavy (non-hydrogen) atoms. The van der Waals surface area contributed by atoms with Crippen LogP contribution >= 0.6 is 0 Å². The van der Waals surface area contributed by atoms with E-state index in [2.05, 4.69) is 17.0 Å². The van der Waals surface area contributed by atoms with Crippen molar-refractivity contribution in [3.05, 3.63) is 35.9 Å². The van der Waals surface area contributed by atoms with E-state index < -0.39 is 17.9 Å². The molecule has 0 spiro atoms. The van der Waals surface area contributed by atoms with Crippen LogP contribution in [0.5, 0.6) is 0 Å². The number of amides is 1. The lowest BCUT2D eigenvalue weighted by atomic mass is 9.94. The van der Waals surface area contributed by atoms with Gasteiger partial charge in [0, 0.05) is 19.6 Å². The Labute approximate surface area is 101 Å². The Bertz CT molecular complexity index is 380. The van der Waals surface area contributed by atoms with Crippen molar-refractivity contribution in [1.82, 2.24) is 4.90 Å². The van der Waals surface area contributed by atoms with E-state index in [9.17, 15) is 9.90 Å². The Morgan fingerprint density at radius 1 is 1.41 bits per heavy atom. The molecule has 2 rings (SSSR count). The monoisotopic (exact) mass is 234 g/mol. The lowest BCUT2D eigenvalue weighted by Crippen LogP contribution is -2.48. The van der Waals surface area contributed by atoms with Crippen molar-refractivity contribution in [2.75, 3.05) is 13.1 Å². The topological polar surface area (TPSA) is 66.6 Å².